The van der Waals surface area contributed by atoms with Gasteiger partial charge in [0.1, 0.15) is 5.82 Å². The summed E-state index contributed by atoms with van der Waals surface area (Å²) >= 11 is 1.77. The van der Waals surface area contributed by atoms with Crippen LogP contribution in [0.1, 0.15) is 45.4 Å². The van der Waals surface area contributed by atoms with E-state index in [0.29, 0.717) is 18.2 Å². The number of carbonyl (C=O) groups excluding carboxylic acids is 1. The van der Waals surface area contributed by atoms with Crippen molar-refractivity contribution in [3.8, 4) is 0 Å². The van der Waals surface area contributed by atoms with Gasteiger partial charge in [-0.05, 0) is 44.0 Å². The van der Waals surface area contributed by atoms with E-state index in [9.17, 15) is 9.18 Å². The fraction of sp³-hybridized carbons (Fsp3) is 0.579. The highest BCUT2D eigenvalue weighted by Crippen LogP contribution is 2.29. The Kier molecular flexibility index (Phi) is 6.34. The molecule has 1 heterocycles. The van der Waals surface area contributed by atoms with Crippen molar-refractivity contribution in [2.45, 2.75) is 57.5 Å². The number of carbonyl (C=O) groups is 1. The van der Waals surface area contributed by atoms with E-state index in [1.807, 2.05) is 0 Å². The molecule has 0 spiro atoms. The van der Waals surface area contributed by atoms with Crippen molar-refractivity contribution in [1.29, 1.82) is 0 Å². The molecule has 1 amide bonds. The van der Waals surface area contributed by atoms with E-state index >= 15 is 0 Å². The first-order valence-corrected chi connectivity index (χ1v) is 10.2. The summed E-state index contributed by atoms with van der Waals surface area (Å²) in [6.07, 6.45) is 6.71. The minimum absolute atomic E-state index is 0.0328. The fourth-order valence-electron chi connectivity index (χ4n) is 3.50. The van der Waals surface area contributed by atoms with Crippen LogP contribution in [0.15, 0.2) is 29.3 Å². The quantitative estimate of drug-likeness (QED) is 0.849. The lowest BCUT2D eigenvalue weighted by atomic mass is 9.96. The normalized spacial score (nSPS) is 23.2. The summed E-state index contributed by atoms with van der Waals surface area (Å²) in [6.45, 7) is 2.99. The zero-order chi connectivity index (χ0) is 17.6. The SMILES string of the molecule is CCN1C(=NC2CCCCC2)SCC1CC(=O)Nc1ccc(F)cc1. The second-order valence-corrected chi connectivity index (χ2v) is 7.70. The van der Waals surface area contributed by atoms with Gasteiger partial charge in [-0.3, -0.25) is 9.79 Å². The third-order valence-electron chi connectivity index (χ3n) is 4.85. The molecule has 3 rings (SSSR count). The van der Waals surface area contributed by atoms with Crippen LogP contribution >= 0.6 is 11.8 Å². The van der Waals surface area contributed by atoms with Crippen molar-refractivity contribution >= 4 is 28.5 Å². The van der Waals surface area contributed by atoms with E-state index in [0.717, 1.165) is 17.5 Å². The molecule has 136 valence electrons. The van der Waals surface area contributed by atoms with Gasteiger partial charge in [-0.15, -0.1) is 0 Å². The number of thioether (sulfide) groups is 1. The monoisotopic (exact) mass is 363 g/mol. The largest absolute Gasteiger partial charge is 0.347 e. The molecule has 1 N–H and O–H groups in total. The molecule has 25 heavy (non-hydrogen) atoms. The van der Waals surface area contributed by atoms with Crippen LogP contribution in [0, 0.1) is 5.82 Å². The zero-order valence-electron chi connectivity index (χ0n) is 14.7. The predicted octanol–water partition coefficient (Wildman–Crippen LogP) is 4.28. The maximum absolute atomic E-state index is 12.9. The molecular weight excluding hydrogens is 337 g/mol. The molecule has 1 aromatic carbocycles. The average molecular weight is 364 g/mol. The molecule has 2 fully saturated rings. The molecule has 1 unspecified atom stereocenters. The summed E-state index contributed by atoms with van der Waals surface area (Å²) in [5.74, 6) is 0.566. The van der Waals surface area contributed by atoms with Gasteiger partial charge in [-0.1, -0.05) is 31.0 Å². The lowest BCUT2D eigenvalue weighted by Crippen LogP contribution is -2.37. The molecule has 1 aromatic rings. The first-order valence-electron chi connectivity index (χ1n) is 9.18. The number of nitrogens with one attached hydrogen (secondary N) is 1. The Hall–Kier alpha value is -1.56. The van der Waals surface area contributed by atoms with Crippen LogP contribution in [0.3, 0.4) is 0 Å². The summed E-state index contributed by atoms with van der Waals surface area (Å²) in [5, 5.41) is 3.96. The Morgan fingerprint density at radius 1 is 1.28 bits per heavy atom. The van der Waals surface area contributed by atoms with E-state index < -0.39 is 0 Å². The Morgan fingerprint density at radius 3 is 2.68 bits per heavy atom. The Balaban J connectivity index is 1.57. The maximum atomic E-state index is 12.9. The van der Waals surface area contributed by atoms with E-state index in [-0.39, 0.29) is 17.8 Å². The zero-order valence-corrected chi connectivity index (χ0v) is 15.5. The number of hydrogen-bond acceptors (Lipinski definition) is 3. The summed E-state index contributed by atoms with van der Waals surface area (Å²) in [4.78, 5) is 19.6. The van der Waals surface area contributed by atoms with Crippen LogP contribution in [-0.2, 0) is 4.79 Å². The molecular formula is C19H26FN3OS. The number of halogens is 1. The minimum atomic E-state index is -0.300. The standard InChI is InChI=1S/C19H26FN3OS/c1-2-23-17(12-18(24)21-16-10-8-14(20)9-11-16)13-25-19(23)22-15-6-4-3-5-7-15/h8-11,15,17H,2-7,12-13H2,1H3,(H,21,24). The van der Waals surface area contributed by atoms with Gasteiger partial charge in [0.2, 0.25) is 5.91 Å². The van der Waals surface area contributed by atoms with Crippen molar-refractivity contribution < 1.29 is 9.18 Å². The van der Waals surface area contributed by atoms with Crippen LogP contribution in [0.2, 0.25) is 0 Å². The summed E-state index contributed by atoms with van der Waals surface area (Å²) in [5.41, 5.74) is 0.635. The number of amidine groups is 1. The Labute approximate surface area is 153 Å². The second-order valence-electron chi connectivity index (χ2n) is 6.71. The summed E-state index contributed by atoms with van der Waals surface area (Å²) in [7, 11) is 0. The highest BCUT2D eigenvalue weighted by molar-refractivity contribution is 8.14. The van der Waals surface area contributed by atoms with E-state index in [1.54, 1.807) is 23.9 Å². The second kappa shape index (κ2) is 8.70. The molecule has 0 radical (unpaired) electrons. The third kappa shape index (κ3) is 4.97. The van der Waals surface area contributed by atoms with Gasteiger partial charge in [0.25, 0.3) is 0 Å². The number of nitrogens with zero attached hydrogens (tertiary/aromatic N) is 2. The molecule has 1 saturated carbocycles. The molecule has 2 aliphatic rings. The van der Waals surface area contributed by atoms with Gasteiger partial charge >= 0.3 is 0 Å². The van der Waals surface area contributed by atoms with Gasteiger partial charge in [-0.2, -0.15) is 0 Å². The van der Waals surface area contributed by atoms with Gasteiger partial charge in [0.15, 0.2) is 5.17 Å². The van der Waals surface area contributed by atoms with Gasteiger partial charge in [0.05, 0.1) is 6.04 Å². The van der Waals surface area contributed by atoms with E-state index in [2.05, 4.69) is 17.1 Å². The molecule has 1 atom stereocenters. The number of aliphatic imine (C=N–C) groups is 1. The highest BCUT2D eigenvalue weighted by atomic mass is 32.2. The fourth-order valence-corrected chi connectivity index (χ4v) is 4.81. The van der Waals surface area contributed by atoms with Crippen LogP contribution in [-0.4, -0.2) is 40.4 Å². The molecule has 1 aliphatic heterocycles. The first kappa shape index (κ1) is 18.2. The average Bonchev–Trinajstić information content (AvgIpc) is 2.99. The lowest BCUT2D eigenvalue weighted by Gasteiger charge is -2.26. The van der Waals surface area contributed by atoms with Crippen LogP contribution in [0.4, 0.5) is 10.1 Å². The molecule has 1 saturated heterocycles. The molecule has 6 heteroatoms. The van der Waals surface area contributed by atoms with Crippen LogP contribution in [0.5, 0.6) is 0 Å². The number of benzene rings is 1. The molecule has 0 bridgehead atoms. The van der Waals surface area contributed by atoms with Gasteiger partial charge in [0, 0.05) is 30.4 Å². The summed E-state index contributed by atoms with van der Waals surface area (Å²) in [6, 6.07) is 6.52. The summed E-state index contributed by atoms with van der Waals surface area (Å²) < 4.78 is 12.9. The van der Waals surface area contributed by atoms with E-state index in [4.69, 9.17) is 4.99 Å². The van der Waals surface area contributed by atoms with Crippen molar-refractivity contribution in [2.75, 3.05) is 17.6 Å². The number of rotatable bonds is 5. The molecule has 0 aromatic heterocycles. The molecule has 4 nitrogen and oxygen atoms in total. The van der Waals surface area contributed by atoms with Crippen molar-refractivity contribution in [3.05, 3.63) is 30.1 Å². The Morgan fingerprint density at radius 2 is 2.00 bits per heavy atom. The number of anilines is 1. The highest BCUT2D eigenvalue weighted by Gasteiger charge is 2.31. The lowest BCUT2D eigenvalue weighted by molar-refractivity contribution is -0.116. The van der Waals surface area contributed by atoms with E-state index in [1.165, 1.54) is 44.2 Å². The first-order chi connectivity index (χ1) is 12.2. The number of amides is 1. The van der Waals surface area contributed by atoms with Gasteiger partial charge in [-0.25, -0.2) is 4.39 Å². The predicted molar refractivity (Wildman–Crippen MR) is 103 cm³/mol. The maximum Gasteiger partial charge on any atom is 0.226 e. The van der Waals surface area contributed by atoms with Crippen molar-refractivity contribution in [1.82, 2.24) is 4.90 Å². The number of hydrogen-bond donors (Lipinski definition) is 1. The third-order valence-corrected chi connectivity index (χ3v) is 6.00. The van der Waals surface area contributed by atoms with Crippen molar-refractivity contribution in [3.63, 3.8) is 0 Å². The Bertz CT molecular complexity index is 614. The van der Waals surface area contributed by atoms with Crippen LogP contribution < -0.4 is 5.32 Å². The minimum Gasteiger partial charge on any atom is -0.347 e. The van der Waals surface area contributed by atoms with Crippen LogP contribution in [0.25, 0.3) is 0 Å². The molecule has 1 aliphatic carbocycles. The van der Waals surface area contributed by atoms with Crippen molar-refractivity contribution in [2.24, 2.45) is 4.99 Å². The van der Waals surface area contributed by atoms with Gasteiger partial charge < -0.3 is 10.2 Å². The topological polar surface area (TPSA) is 44.7 Å². The smallest absolute Gasteiger partial charge is 0.226 e.